The molecular weight excluding hydrogens is 514 g/mol. The molecule has 0 saturated carbocycles. The molecule has 7 rings (SSSR count). The van der Waals surface area contributed by atoms with Gasteiger partial charge in [-0.3, -0.25) is 9.80 Å². The van der Waals surface area contributed by atoms with Crippen molar-refractivity contribution in [1.82, 2.24) is 15.1 Å². The van der Waals surface area contributed by atoms with Crippen LogP contribution in [0.4, 0.5) is 14.5 Å². The Labute approximate surface area is 234 Å². The van der Waals surface area contributed by atoms with Gasteiger partial charge < -0.3 is 20.5 Å². The highest BCUT2D eigenvalue weighted by Crippen LogP contribution is 2.52. The second kappa shape index (κ2) is 9.68. The Bertz CT molecular complexity index is 1310. The third kappa shape index (κ3) is 4.12. The van der Waals surface area contributed by atoms with Gasteiger partial charge in [0.2, 0.25) is 0 Å². The van der Waals surface area contributed by atoms with Crippen LogP contribution in [-0.2, 0) is 15.1 Å². The van der Waals surface area contributed by atoms with Crippen molar-refractivity contribution in [3.63, 3.8) is 0 Å². The molecule has 10 heteroatoms. The Morgan fingerprint density at radius 1 is 1.23 bits per heavy atom. The summed E-state index contributed by atoms with van der Waals surface area (Å²) in [6.45, 7) is 5.18. The van der Waals surface area contributed by atoms with Gasteiger partial charge in [0.25, 0.3) is 6.02 Å². The largest absolute Gasteiger partial charge is 0.463 e. The molecule has 214 valence electrons. The van der Waals surface area contributed by atoms with Crippen molar-refractivity contribution in [2.75, 3.05) is 45.1 Å². The number of alkyl halides is 2. The normalized spacial score (nSPS) is 37.5. The fraction of sp³-hybridized carbons (Fsp3) is 0.667. The SMILES string of the molecule is CC1CCC2(CC3=C(CO2)C(N2CCC(F)C2)N=C(OCC24CCCN2CC(F)C4)N3)c2c1ccc(N)c2C#N. The molecule has 6 atom stereocenters. The van der Waals surface area contributed by atoms with E-state index in [4.69, 9.17) is 20.2 Å². The number of ether oxygens (including phenoxy) is 2. The molecule has 8 nitrogen and oxygen atoms in total. The number of likely N-dealkylation sites (tertiary alicyclic amines) is 1. The fourth-order valence-corrected chi connectivity index (χ4v) is 8.16. The molecule has 3 saturated heterocycles. The van der Waals surface area contributed by atoms with Gasteiger partial charge in [-0.1, -0.05) is 13.0 Å². The van der Waals surface area contributed by atoms with Crippen molar-refractivity contribution in [2.24, 2.45) is 4.99 Å². The summed E-state index contributed by atoms with van der Waals surface area (Å²) in [5.74, 6) is 0.297. The maximum Gasteiger partial charge on any atom is 0.290 e. The number of benzene rings is 1. The molecule has 0 aromatic heterocycles. The number of fused-ring (bicyclic) bond motifs is 3. The Morgan fingerprint density at radius 3 is 2.90 bits per heavy atom. The van der Waals surface area contributed by atoms with Crippen molar-refractivity contribution in [2.45, 2.75) is 87.4 Å². The standard InChI is InChI=1S/C30H38F2N6O2/c1-18-5-8-30(26-21(18)3-4-24(34)22(26)13-33)12-25-23(16-40-30)27(37-10-6-19(31)14-37)36-28(35-25)39-17-29-7-2-9-38(29)15-20(32)11-29/h3-4,18-20,27H,2,5-12,14-17,34H2,1H3,(H,35,36). The van der Waals surface area contributed by atoms with E-state index in [-0.39, 0.29) is 11.7 Å². The van der Waals surface area contributed by atoms with Crippen molar-refractivity contribution in [3.05, 3.63) is 40.1 Å². The number of hydrogen-bond acceptors (Lipinski definition) is 8. The average molecular weight is 553 g/mol. The number of nitrogens with zero attached hydrogens (tertiary/aromatic N) is 4. The zero-order valence-electron chi connectivity index (χ0n) is 23.1. The summed E-state index contributed by atoms with van der Waals surface area (Å²) in [5.41, 5.74) is 10.2. The summed E-state index contributed by atoms with van der Waals surface area (Å²) in [6, 6.07) is 6.62. The van der Waals surface area contributed by atoms with Gasteiger partial charge in [0.05, 0.1) is 17.7 Å². The van der Waals surface area contributed by atoms with Crippen LogP contribution in [0.25, 0.3) is 0 Å². The van der Waals surface area contributed by atoms with Crippen LogP contribution in [0.1, 0.15) is 74.5 Å². The molecule has 1 spiro atoms. The number of nitrogens with one attached hydrogen (secondary N) is 1. The summed E-state index contributed by atoms with van der Waals surface area (Å²) >= 11 is 0. The van der Waals surface area contributed by atoms with E-state index in [1.165, 1.54) is 0 Å². The van der Waals surface area contributed by atoms with Crippen LogP contribution in [0.5, 0.6) is 0 Å². The smallest absolute Gasteiger partial charge is 0.290 e. The van der Waals surface area contributed by atoms with Crippen LogP contribution >= 0.6 is 0 Å². The molecule has 1 aromatic carbocycles. The summed E-state index contributed by atoms with van der Waals surface area (Å²) in [6.07, 6.45) is 3.06. The molecule has 0 bridgehead atoms. The van der Waals surface area contributed by atoms with Crippen LogP contribution in [-0.4, -0.2) is 79.3 Å². The predicted molar refractivity (Wildman–Crippen MR) is 147 cm³/mol. The fourth-order valence-electron chi connectivity index (χ4n) is 8.16. The van der Waals surface area contributed by atoms with Crippen molar-refractivity contribution >= 4 is 11.7 Å². The lowest BCUT2D eigenvalue weighted by atomic mass is 9.69. The zero-order chi connectivity index (χ0) is 27.6. The highest BCUT2D eigenvalue weighted by atomic mass is 19.1. The van der Waals surface area contributed by atoms with Gasteiger partial charge in [0.15, 0.2) is 0 Å². The van der Waals surface area contributed by atoms with Crippen LogP contribution in [0, 0.1) is 11.3 Å². The molecule has 40 heavy (non-hydrogen) atoms. The Morgan fingerprint density at radius 2 is 2.10 bits per heavy atom. The van der Waals surface area contributed by atoms with E-state index < -0.39 is 17.9 Å². The number of nitrogens with two attached hydrogens (primary N) is 1. The van der Waals surface area contributed by atoms with Gasteiger partial charge in [-0.2, -0.15) is 5.26 Å². The van der Waals surface area contributed by atoms with E-state index in [1.807, 2.05) is 12.1 Å². The average Bonchev–Trinajstić information content (AvgIpc) is 3.62. The number of halogens is 2. The number of nitriles is 1. The number of aliphatic imine (C=N–C) groups is 1. The maximum atomic E-state index is 14.4. The molecule has 6 unspecified atom stereocenters. The lowest BCUT2D eigenvalue weighted by Crippen LogP contribution is -2.51. The molecular formula is C30H38F2N6O2. The van der Waals surface area contributed by atoms with Crippen LogP contribution in [0.3, 0.4) is 0 Å². The van der Waals surface area contributed by atoms with Crippen molar-refractivity contribution in [1.29, 1.82) is 5.26 Å². The molecule has 5 aliphatic heterocycles. The minimum Gasteiger partial charge on any atom is -0.463 e. The molecule has 3 fully saturated rings. The van der Waals surface area contributed by atoms with E-state index in [0.717, 1.165) is 54.6 Å². The van der Waals surface area contributed by atoms with Gasteiger partial charge in [-0.15, -0.1) is 0 Å². The maximum absolute atomic E-state index is 14.4. The topological polar surface area (TPSA) is 99.1 Å². The predicted octanol–water partition coefficient (Wildman–Crippen LogP) is 3.83. The van der Waals surface area contributed by atoms with Gasteiger partial charge in [0.1, 0.15) is 36.8 Å². The summed E-state index contributed by atoms with van der Waals surface area (Å²) < 4.78 is 41.8. The molecule has 0 radical (unpaired) electrons. The highest BCUT2D eigenvalue weighted by molar-refractivity contribution is 5.78. The first kappa shape index (κ1) is 26.2. The van der Waals surface area contributed by atoms with Crippen molar-refractivity contribution in [3.8, 4) is 6.07 Å². The van der Waals surface area contributed by atoms with Gasteiger partial charge >= 0.3 is 0 Å². The van der Waals surface area contributed by atoms with E-state index >= 15 is 0 Å². The van der Waals surface area contributed by atoms with Crippen LogP contribution < -0.4 is 11.1 Å². The first-order chi connectivity index (χ1) is 19.3. The second-order valence-electron chi connectivity index (χ2n) is 12.7. The van der Waals surface area contributed by atoms with Crippen LogP contribution in [0.2, 0.25) is 0 Å². The number of amidine groups is 1. The number of nitrogen functional groups attached to an aromatic ring is 1. The van der Waals surface area contributed by atoms with Gasteiger partial charge in [-0.05, 0) is 56.2 Å². The van der Waals surface area contributed by atoms with Gasteiger partial charge in [-0.25, -0.2) is 13.8 Å². The van der Waals surface area contributed by atoms with Crippen molar-refractivity contribution < 1.29 is 18.3 Å². The number of anilines is 1. The number of hydrogen-bond donors (Lipinski definition) is 2. The number of rotatable bonds is 3. The minimum atomic E-state index is -0.881. The lowest BCUT2D eigenvalue weighted by molar-refractivity contribution is -0.0694. The lowest BCUT2D eigenvalue weighted by Gasteiger charge is -2.47. The zero-order valence-corrected chi connectivity index (χ0v) is 23.1. The van der Waals surface area contributed by atoms with Crippen LogP contribution in [0.15, 0.2) is 28.4 Å². The van der Waals surface area contributed by atoms with E-state index in [1.54, 1.807) is 0 Å². The van der Waals surface area contributed by atoms with E-state index in [0.29, 0.717) is 75.3 Å². The monoisotopic (exact) mass is 552 g/mol. The summed E-state index contributed by atoms with van der Waals surface area (Å²) in [4.78, 5) is 9.23. The quantitative estimate of drug-likeness (QED) is 0.550. The van der Waals surface area contributed by atoms with E-state index in [9.17, 15) is 14.0 Å². The Kier molecular flexibility index (Phi) is 6.33. The summed E-state index contributed by atoms with van der Waals surface area (Å²) in [7, 11) is 0. The van der Waals surface area contributed by atoms with E-state index in [2.05, 4.69) is 28.1 Å². The highest BCUT2D eigenvalue weighted by Gasteiger charge is 2.51. The second-order valence-corrected chi connectivity index (χ2v) is 12.7. The molecule has 1 aromatic rings. The molecule has 5 heterocycles. The Hall–Kier alpha value is -2.74. The molecule has 1 aliphatic carbocycles. The molecule has 0 amide bonds. The molecule has 6 aliphatic rings. The minimum absolute atomic E-state index is 0.292. The summed E-state index contributed by atoms with van der Waals surface area (Å²) in [5, 5.41) is 13.6. The van der Waals surface area contributed by atoms with Gasteiger partial charge in [0, 0.05) is 55.0 Å². The first-order valence-corrected chi connectivity index (χ1v) is 14.7. The molecule has 3 N–H and O–H groups in total. The third-order valence-electron chi connectivity index (χ3n) is 10.3. The Balaban J connectivity index is 1.21. The third-order valence-corrected chi connectivity index (χ3v) is 10.3. The first-order valence-electron chi connectivity index (χ1n) is 14.7.